The van der Waals surface area contributed by atoms with Crippen molar-refractivity contribution in [2.45, 2.75) is 11.4 Å². The second-order valence-electron chi connectivity index (χ2n) is 6.50. The number of rotatable bonds is 6. The number of anilines is 1. The van der Waals surface area contributed by atoms with Crippen molar-refractivity contribution in [2.24, 2.45) is 0 Å². The maximum atomic E-state index is 12.2. The summed E-state index contributed by atoms with van der Waals surface area (Å²) in [7, 11) is 0. The van der Waals surface area contributed by atoms with Crippen molar-refractivity contribution in [1.82, 2.24) is 10.0 Å². The summed E-state index contributed by atoms with van der Waals surface area (Å²) >= 11 is 1.13. The second-order valence-corrected chi connectivity index (χ2v) is 7.38. The molecule has 150 valence electrons. The summed E-state index contributed by atoms with van der Waals surface area (Å²) in [5.41, 5.74) is 2.71. The minimum Gasteiger partial charge on any atom is -0.451 e. The molecule has 0 saturated carbocycles. The minimum atomic E-state index is -0.613. The fourth-order valence-corrected chi connectivity index (χ4v) is 3.49. The molecule has 3 aromatic carbocycles. The van der Waals surface area contributed by atoms with Crippen molar-refractivity contribution in [3.63, 3.8) is 0 Å². The Hall–Kier alpha value is -3.71. The number of hydrogen-bond acceptors (Lipinski definition) is 5. The van der Waals surface area contributed by atoms with E-state index in [0.29, 0.717) is 12.1 Å². The minimum absolute atomic E-state index is 0.0883. The largest absolute Gasteiger partial charge is 0.451 e. The van der Waals surface area contributed by atoms with Crippen molar-refractivity contribution in [1.29, 1.82) is 0 Å². The first-order chi connectivity index (χ1) is 14.7. The van der Waals surface area contributed by atoms with Crippen LogP contribution in [0.5, 0.6) is 0 Å². The van der Waals surface area contributed by atoms with E-state index in [0.717, 1.165) is 33.5 Å². The van der Waals surface area contributed by atoms with Crippen LogP contribution < -0.4 is 15.4 Å². The number of urea groups is 1. The van der Waals surface area contributed by atoms with Gasteiger partial charge in [0.1, 0.15) is 5.58 Å². The standard InChI is InChI=1S/C23H19N3O3S/c27-22(21-14-17-8-4-5-12-20(17)29-21)25-23(28)26-30-19-11-6-7-16(13-19)15-24-18-9-2-1-3-10-18/h1-14,24H,15H2,(H2,25,26,27,28). The van der Waals surface area contributed by atoms with E-state index in [-0.39, 0.29) is 5.76 Å². The van der Waals surface area contributed by atoms with Gasteiger partial charge in [0.15, 0.2) is 5.76 Å². The van der Waals surface area contributed by atoms with Gasteiger partial charge in [-0.05, 0) is 53.9 Å². The molecule has 0 atom stereocenters. The van der Waals surface area contributed by atoms with E-state index in [1.165, 1.54) is 0 Å². The Labute approximate surface area is 177 Å². The molecule has 7 heteroatoms. The highest BCUT2D eigenvalue weighted by atomic mass is 32.2. The van der Waals surface area contributed by atoms with Gasteiger partial charge in [-0.15, -0.1) is 0 Å². The lowest BCUT2D eigenvalue weighted by Gasteiger charge is -2.09. The molecule has 4 rings (SSSR count). The lowest BCUT2D eigenvalue weighted by atomic mass is 10.2. The molecule has 4 aromatic rings. The summed E-state index contributed by atoms with van der Waals surface area (Å²) in [4.78, 5) is 25.2. The summed E-state index contributed by atoms with van der Waals surface area (Å²) in [6.07, 6.45) is 0. The van der Waals surface area contributed by atoms with Crippen molar-refractivity contribution in [3.05, 3.63) is 96.3 Å². The highest BCUT2D eigenvalue weighted by Gasteiger charge is 2.15. The van der Waals surface area contributed by atoms with Crippen LogP contribution in [-0.4, -0.2) is 11.9 Å². The van der Waals surface area contributed by atoms with Crippen LogP contribution in [0.15, 0.2) is 94.2 Å². The fraction of sp³-hybridized carbons (Fsp3) is 0.0435. The number of furan rings is 1. The lowest BCUT2D eigenvalue weighted by Crippen LogP contribution is -2.36. The molecule has 30 heavy (non-hydrogen) atoms. The van der Waals surface area contributed by atoms with Crippen molar-refractivity contribution >= 4 is 40.5 Å². The summed E-state index contributed by atoms with van der Waals surface area (Å²) < 4.78 is 8.08. The van der Waals surface area contributed by atoms with E-state index in [4.69, 9.17) is 4.42 Å². The number of fused-ring (bicyclic) bond motifs is 1. The first-order valence-corrected chi connectivity index (χ1v) is 10.1. The Morgan fingerprint density at radius 1 is 0.867 bits per heavy atom. The quantitative estimate of drug-likeness (QED) is 0.376. The molecule has 0 saturated heterocycles. The number of hydrogen-bond donors (Lipinski definition) is 3. The Morgan fingerprint density at radius 2 is 1.67 bits per heavy atom. The molecule has 0 fully saturated rings. The van der Waals surface area contributed by atoms with Gasteiger partial charge in [-0.1, -0.05) is 48.5 Å². The van der Waals surface area contributed by atoms with E-state index in [2.05, 4.69) is 15.4 Å². The van der Waals surface area contributed by atoms with Crippen LogP contribution in [0.4, 0.5) is 10.5 Å². The van der Waals surface area contributed by atoms with Gasteiger partial charge in [0.05, 0.1) is 0 Å². The number of imide groups is 1. The fourth-order valence-electron chi connectivity index (χ4n) is 2.87. The normalized spacial score (nSPS) is 10.5. The Balaban J connectivity index is 1.29. The molecule has 0 radical (unpaired) electrons. The van der Waals surface area contributed by atoms with Crippen LogP contribution >= 0.6 is 11.9 Å². The highest BCUT2D eigenvalue weighted by molar-refractivity contribution is 7.98. The molecule has 6 nitrogen and oxygen atoms in total. The van der Waals surface area contributed by atoms with Gasteiger partial charge in [-0.3, -0.25) is 14.8 Å². The summed E-state index contributed by atoms with van der Waals surface area (Å²) in [6, 6.07) is 26.0. The van der Waals surface area contributed by atoms with Gasteiger partial charge in [-0.2, -0.15) is 0 Å². The number of benzene rings is 3. The predicted octanol–water partition coefficient (Wildman–Crippen LogP) is 5.19. The van der Waals surface area contributed by atoms with Crippen LogP contribution in [0.3, 0.4) is 0 Å². The van der Waals surface area contributed by atoms with Crippen LogP contribution in [-0.2, 0) is 6.54 Å². The zero-order chi connectivity index (χ0) is 20.8. The van der Waals surface area contributed by atoms with E-state index in [9.17, 15) is 9.59 Å². The van der Waals surface area contributed by atoms with Gasteiger partial charge in [0.25, 0.3) is 5.91 Å². The maximum absolute atomic E-state index is 12.2. The molecule has 0 aliphatic carbocycles. The third-order valence-corrected chi connectivity index (χ3v) is 5.08. The van der Waals surface area contributed by atoms with Crippen molar-refractivity contribution < 1.29 is 14.0 Å². The first kappa shape index (κ1) is 19.6. The van der Waals surface area contributed by atoms with Crippen molar-refractivity contribution in [3.8, 4) is 0 Å². The lowest BCUT2D eigenvalue weighted by molar-refractivity contribution is 0.0940. The van der Waals surface area contributed by atoms with Gasteiger partial charge in [0.2, 0.25) is 0 Å². The summed E-state index contributed by atoms with van der Waals surface area (Å²) in [5, 5.41) is 6.42. The van der Waals surface area contributed by atoms with Crippen LogP contribution in [0.2, 0.25) is 0 Å². The zero-order valence-electron chi connectivity index (χ0n) is 15.9. The van der Waals surface area contributed by atoms with Crippen LogP contribution in [0, 0.1) is 0 Å². The topological polar surface area (TPSA) is 83.4 Å². The number of amides is 3. The second kappa shape index (κ2) is 9.19. The molecule has 1 heterocycles. The van der Waals surface area contributed by atoms with Gasteiger partial charge >= 0.3 is 6.03 Å². The van der Waals surface area contributed by atoms with Gasteiger partial charge in [0, 0.05) is 22.5 Å². The molecular formula is C23H19N3O3S. The smallest absolute Gasteiger partial charge is 0.332 e. The monoisotopic (exact) mass is 417 g/mol. The summed E-state index contributed by atoms with van der Waals surface area (Å²) in [6.45, 7) is 0.662. The number of carbonyl (C=O) groups excluding carboxylic acids is 2. The van der Waals surface area contributed by atoms with E-state index >= 15 is 0 Å². The van der Waals surface area contributed by atoms with E-state index in [1.807, 2.05) is 72.8 Å². The molecule has 3 N–H and O–H groups in total. The molecule has 0 unspecified atom stereocenters. The average molecular weight is 417 g/mol. The molecule has 0 aliphatic heterocycles. The van der Waals surface area contributed by atoms with Gasteiger partial charge < -0.3 is 9.73 Å². The number of para-hydroxylation sites is 2. The molecule has 0 spiro atoms. The zero-order valence-corrected chi connectivity index (χ0v) is 16.7. The number of nitrogens with one attached hydrogen (secondary N) is 3. The third kappa shape index (κ3) is 5.01. The molecule has 1 aromatic heterocycles. The van der Waals surface area contributed by atoms with Crippen LogP contribution in [0.25, 0.3) is 11.0 Å². The third-order valence-electron chi connectivity index (χ3n) is 4.31. The van der Waals surface area contributed by atoms with E-state index < -0.39 is 11.9 Å². The highest BCUT2D eigenvalue weighted by Crippen LogP contribution is 2.19. The average Bonchev–Trinajstić information content (AvgIpc) is 3.22. The van der Waals surface area contributed by atoms with Crippen LogP contribution in [0.1, 0.15) is 16.1 Å². The first-order valence-electron chi connectivity index (χ1n) is 9.32. The Morgan fingerprint density at radius 3 is 2.50 bits per heavy atom. The Bertz CT molecular complexity index is 1140. The SMILES string of the molecule is O=C(NSc1cccc(CNc2ccccc2)c1)NC(=O)c1cc2ccccc2o1. The predicted molar refractivity (Wildman–Crippen MR) is 118 cm³/mol. The van der Waals surface area contributed by atoms with E-state index in [1.54, 1.807) is 12.1 Å². The maximum Gasteiger partial charge on any atom is 0.332 e. The summed E-state index contributed by atoms with van der Waals surface area (Å²) in [5.74, 6) is -0.504. The molecule has 0 bridgehead atoms. The van der Waals surface area contributed by atoms with Gasteiger partial charge in [-0.25, -0.2) is 4.79 Å². The Kier molecular flexibility index (Phi) is 6.01. The molecular weight excluding hydrogens is 398 g/mol. The number of carbonyl (C=O) groups is 2. The molecule has 0 aliphatic rings. The molecule has 3 amide bonds. The van der Waals surface area contributed by atoms with Crippen molar-refractivity contribution in [2.75, 3.05) is 5.32 Å².